The predicted molar refractivity (Wildman–Crippen MR) is 139 cm³/mol. The van der Waals surface area contributed by atoms with Crippen LogP contribution in [-0.2, 0) is 13.9 Å². The van der Waals surface area contributed by atoms with Gasteiger partial charge >= 0.3 is 65.2 Å². The van der Waals surface area contributed by atoms with Crippen LogP contribution in [0.5, 0.6) is 5.75 Å². The molecule has 0 saturated heterocycles. The summed E-state index contributed by atoms with van der Waals surface area (Å²) in [4.78, 5) is 27.3. The number of hydrogen-bond acceptors (Lipinski definition) is 4. The molecular weight excluding hydrogens is 494 g/mol. The Morgan fingerprint density at radius 3 is 1.77 bits per heavy atom. The second-order valence-electron chi connectivity index (χ2n) is 8.33. The van der Waals surface area contributed by atoms with Crippen molar-refractivity contribution in [1.29, 1.82) is 0 Å². The third kappa shape index (κ3) is 26.8. The Morgan fingerprint density at radius 2 is 1.34 bits per heavy atom. The van der Waals surface area contributed by atoms with Gasteiger partial charge in [-0.2, -0.15) is 0 Å². The van der Waals surface area contributed by atoms with Crippen LogP contribution in [0.1, 0.15) is 104 Å². The number of rotatable bonds is 19. The first-order valence-corrected chi connectivity index (χ1v) is 14.1. The third-order valence-electron chi connectivity index (χ3n) is 5.30. The van der Waals surface area contributed by atoms with E-state index >= 15 is 0 Å². The summed E-state index contributed by atoms with van der Waals surface area (Å²) in [6.45, 7) is 2.42. The van der Waals surface area contributed by atoms with E-state index in [4.69, 9.17) is 19.6 Å². The molecule has 0 saturated carbocycles. The van der Waals surface area contributed by atoms with Crippen LogP contribution < -0.4 is 56.1 Å². The molecule has 0 aromatic heterocycles. The van der Waals surface area contributed by atoms with Crippen LogP contribution in [0, 0.1) is 0 Å². The standard InChI is InChI=1S/C16H35O4P.C10H10O3.K.H/c1-2-3-4-5-6-7-8-9-10-11-12-13-14-15-16-20-21(17,18)19;1-13-9-5-3-2-4-8(9)6-7-10(11)12;;/h2-16H2,1H3,(H2,17,18,19);2-7H,1H3,(H,11,12);;/q;;+1;-1/b;7-6+;;. The van der Waals surface area contributed by atoms with Crippen molar-refractivity contribution >= 4 is 19.9 Å². The first-order chi connectivity index (χ1) is 16.3. The molecule has 0 aliphatic rings. The van der Waals surface area contributed by atoms with Crippen molar-refractivity contribution in [2.45, 2.75) is 96.8 Å². The number of carboxylic acid groups (broad SMARTS) is 1. The number of carbonyl (C=O) groups is 1. The third-order valence-corrected chi connectivity index (χ3v) is 5.82. The van der Waals surface area contributed by atoms with E-state index in [0.29, 0.717) is 5.75 Å². The van der Waals surface area contributed by atoms with E-state index in [1.54, 1.807) is 19.2 Å². The van der Waals surface area contributed by atoms with E-state index in [1.165, 1.54) is 76.7 Å². The van der Waals surface area contributed by atoms with Gasteiger partial charge in [0.05, 0.1) is 13.7 Å². The van der Waals surface area contributed by atoms with Crippen LogP contribution in [-0.4, -0.2) is 34.6 Å². The first kappa shape index (κ1) is 37.1. The average Bonchev–Trinajstić information content (AvgIpc) is 2.80. The number of phosphoric acid groups is 1. The van der Waals surface area contributed by atoms with Crippen molar-refractivity contribution < 1.29 is 86.3 Å². The van der Waals surface area contributed by atoms with Gasteiger partial charge in [-0.25, -0.2) is 9.36 Å². The molecule has 198 valence electrons. The van der Waals surface area contributed by atoms with Crippen LogP contribution in [0.3, 0.4) is 0 Å². The maximum atomic E-state index is 10.4. The first-order valence-electron chi connectivity index (χ1n) is 12.5. The van der Waals surface area contributed by atoms with E-state index < -0.39 is 13.8 Å². The molecule has 0 aliphatic heterocycles. The predicted octanol–water partition coefficient (Wildman–Crippen LogP) is 4.49. The molecule has 7 nitrogen and oxygen atoms in total. The van der Waals surface area contributed by atoms with Gasteiger partial charge in [0, 0.05) is 11.6 Å². The number of phosphoric ester groups is 1. The summed E-state index contributed by atoms with van der Waals surface area (Å²) >= 11 is 0. The van der Waals surface area contributed by atoms with Crippen molar-refractivity contribution in [2.75, 3.05) is 13.7 Å². The number of hydrogen-bond donors (Lipinski definition) is 3. The average molecular weight is 541 g/mol. The van der Waals surface area contributed by atoms with E-state index in [1.807, 2.05) is 12.1 Å². The molecule has 0 spiro atoms. The van der Waals surface area contributed by atoms with Crippen LogP contribution in [0.15, 0.2) is 30.3 Å². The number of unbranched alkanes of at least 4 members (excludes halogenated alkanes) is 13. The fraction of sp³-hybridized carbons (Fsp3) is 0.654. The molecule has 9 heteroatoms. The molecule has 0 atom stereocenters. The second kappa shape index (κ2) is 25.6. The zero-order valence-corrected chi connectivity index (χ0v) is 26.0. The molecule has 0 amide bonds. The minimum atomic E-state index is -4.25. The monoisotopic (exact) mass is 540 g/mol. The normalized spacial score (nSPS) is 11.0. The summed E-state index contributed by atoms with van der Waals surface area (Å²) < 4.78 is 19.9. The minimum Gasteiger partial charge on any atom is -1.00 e. The van der Waals surface area contributed by atoms with E-state index in [2.05, 4.69) is 11.4 Å². The Labute approximate surface area is 256 Å². The Morgan fingerprint density at radius 1 is 0.886 bits per heavy atom. The molecule has 0 heterocycles. The number of para-hydroxylation sites is 1. The molecule has 3 N–H and O–H groups in total. The van der Waals surface area contributed by atoms with Gasteiger partial charge in [-0.1, -0.05) is 109 Å². The van der Waals surface area contributed by atoms with Crippen LogP contribution in [0.25, 0.3) is 6.08 Å². The number of methoxy groups -OCH3 is 1. The quantitative estimate of drug-likeness (QED) is 0.103. The molecule has 0 radical (unpaired) electrons. The van der Waals surface area contributed by atoms with Crippen molar-refractivity contribution in [2.24, 2.45) is 0 Å². The summed E-state index contributed by atoms with van der Waals surface area (Å²) in [6.07, 6.45) is 20.4. The van der Waals surface area contributed by atoms with Gasteiger partial charge in [0.1, 0.15) is 5.75 Å². The van der Waals surface area contributed by atoms with Crippen molar-refractivity contribution in [3.05, 3.63) is 35.9 Å². The molecule has 1 aromatic carbocycles. The van der Waals surface area contributed by atoms with Gasteiger partial charge in [0.2, 0.25) is 0 Å². The number of ether oxygens (including phenoxy) is 1. The molecule has 1 aromatic rings. The van der Waals surface area contributed by atoms with Gasteiger partial charge in [-0.3, -0.25) is 4.52 Å². The van der Waals surface area contributed by atoms with Gasteiger partial charge in [-0.15, -0.1) is 0 Å². The van der Waals surface area contributed by atoms with Crippen LogP contribution >= 0.6 is 7.82 Å². The largest absolute Gasteiger partial charge is 1.00 e. The van der Waals surface area contributed by atoms with Crippen LogP contribution in [0.2, 0.25) is 0 Å². The van der Waals surface area contributed by atoms with Crippen LogP contribution in [0.4, 0.5) is 0 Å². The fourth-order valence-corrected chi connectivity index (χ4v) is 3.81. The van der Waals surface area contributed by atoms with Crippen molar-refractivity contribution in [1.82, 2.24) is 0 Å². The summed E-state index contributed by atoms with van der Waals surface area (Å²) in [5.74, 6) is -0.300. The number of carboxylic acids is 1. The van der Waals surface area contributed by atoms with E-state index in [9.17, 15) is 9.36 Å². The van der Waals surface area contributed by atoms with Crippen molar-refractivity contribution in [3.63, 3.8) is 0 Å². The summed E-state index contributed by atoms with van der Waals surface area (Å²) in [5, 5.41) is 8.41. The number of aliphatic carboxylic acids is 1. The Balaban J connectivity index is -0.000000627. The zero-order chi connectivity index (χ0) is 25.5. The Bertz CT molecular complexity index is 713. The zero-order valence-electron chi connectivity index (χ0n) is 23.0. The minimum absolute atomic E-state index is 0. The molecule has 0 fully saturated rings. The van der Waals surface area contributed by atoms with Gasteiger partial charge in [0.25, 0.3) is 0 Å². The maximum absolute atomic E-state index is 10.4. The summed E-state index contributed by atoms with van der Waals surface area (Å²) in [6, 6.07) is 7.22. The molecule has 0 aliphatic carbocycles. The SMILES string of the molecule is CCCCCCCCCCCCCCCCOP(=O)(O)O.COc1ccccc1/C=C/C(=O)O.[H-].[K+]. The smallest absolute Gasteiger partial charge is 1.00 e. The molecular formula is C26H46KO7P. The Kier molecular flexibility index (Phi) is 27.2. The fourth-order valence-electron chi connectivity index (χ4n) is 3.45. The van der Waals surface area contributed by atoms with Crippen molar-refractivity contribution in [3.8, 4) is 5.75 Å². The van der Waals surface area contributed by atoms with E-state index in [0.717, 1.165) is 30.9 Å². The summed E-state index contributed by atoms with van der Waals surface area (Å²) in [5.41, 5.74) is 0.757. The van der Waals surface area contributed by atoms with Gasteiger partial charge in [-0.05, 0) is 18.6 Å². The molecule has 0 bridgehead atoms. The van der Waals surface area contributed by atoms with Gasteiger partial charge in [0.15, 0.2) is 0 Å². The molecule has 1 rings (SSSR count). The van der Waals surface area contributed by atoms with Gasteiger partial charge < -0.3 is 21.1 Å². The Hall–Kier alpha value is -0.0236. The topological polar surface area (TPSA) is 113 Å². The molecule has 0 unspecified atom stereocenters. The molecule has 35 heavy (non-hydrogen) atoms. The maximum Gasteiger partial charge on any atom is 1.00 e. The second-order valence-corrected chi connectivity index (χ2v) is 9.57. The number of benzene rings is 1. The van der Waals surface area contributed by atoms with E-state index in [-0.39, 0.29) is 59.4 Å². The summed E-state index contributed by atoms with van der Waals surface area (Å²) in [7, 11) is -2.70.